The standard InChI is InChI=1S/C12H12FN3S/c1-7-9(13)3-2-4-10(7)16-11(8-5-6-8)14-15-12(16)17/h2-4,8H,5-6H2,1H3,(H,15,17). The number of benzene rings is 1. The Morgan fingerprint density at radius 3 is 2.94 bits per heavy atom. The van der Waals surface area contributed by atoms with E-state index in [0.29, 0.717) is 16.3 Å². The van der Waals surface area contributed by atoms with Crippen molar-refractivity contribution in [3.05, 3.63) is 40.2 Å². The highest BCUT2D eigenvalue weighted by Crippen LogP contribution is 2.40. The van der Waals surface area contributed by atoms with Crippen molar-refractivity contribution in [1.82, 2.24) is 14.8 Å². The summed E-state index contributed by atoms with van der Waals surface area (Å²) in [4.78, 5) is 0. The minimum absolute atomic E-state index is 0.215. The van der Waals surface area contributed by atoms with Gasteiger partial charge in [0.15, 0.2) is 4.77 Å². The Morgan fingerprint density at radius 1 is 1.47 bits per heavy atom. The fraction of sp³-hybridized carbons (Fsp3) is 0.333. The summed E-state index contributed by atoms with van der Waals surface area (Å²) in [5.74, 6) is 1.17. The van der Waals surface area contributed by atoms with Crippen molar-refractivity contribution in [2.45, 2.75) is 25.7 Å². The number of hydrogen-bond acceptors (Lipinski definition) is 2. The molecule has 1 heterocycles. The van der Waals surface area contributed by atoms with Gasteiger partial charge in [-0.2, -0.15) is 5.10 Å². The van der Waals surface area contributed by atoms with Gasteiger partial charge in [-0.15, -0.1) is 0 Å². The molecule has 5 heteroatoms. The third kappa shape index (κ3) is 1.70. The molecule has 1 aromatic heterocycles. The fourth-order valence-electron chi connectivity index (χ4n) is 2.00. The summed E-state index contributed by atoms with van der Waals surface area (Å²) in [6.45, 7) is 1.76. The van der Waals surface area contributed by atoms with Gasteiger partial charge in [-0.25, -0.2) is 4.39 Å². The number of rotatable bonds is 2. The van der Waals surface area contributed by atoms with Gasteiger partial charge in [0.25, 0.3) is 0 Å². The van der Waals surface area contributed by atoms with Gasteiger partial charge < -0.3 is 0 Å². The molecule has 0 atom stereocenters. The molecule has 1 fully saturated rings. The number of nitrogens with one attached hydrogen (secondary N) is 1. The molecule has 0 bridgehead atoms. The topological polar surface area (TPSA) is 33.6 Å². The first-order chi connectivity index (χ1) is 8.18. The Morgan fingerprint density at radius 2 is 2.24 bits per heavy atom. The molecule has 0 aliphatic heterocycles. The lowest BCUT2D eigenvalue weighted by molar-refractivity contribution is 0.616. The number of aromatic nitrogens is 3. The highest BCUT2D eigenvalue weighted by atomic mass is 32.1. The number of H-pyrrole nitrogens is 1. The maximum Gasteiger partial charge on any atom is 0.199 e. The average Bonchev–Trinajstić information content (AvgIpc) is 3.08. The second kappa shape index (κ2) is 3.77. The first kappa shape index (κ1) is 10.7. The van der Waals surface area contributed by atoms with Crippen LogP contribution in [0.15, 0.2) is 18.2 Å². The molecule has 17 heavy (non-hydrogen) atoms. The Labute approximate surface area is 103 Å². The van der Waals surface area contributed by atoms with E-state index in [9.17, 15) is 4.39 Å². The zero-order valence-corrected chi connectivity index (χ0v) is 10.2. The fourth-order valence-corrected chi connectivity index (χ4v) is 2.23. The summed E-state index contributed by atoms with van der Waals surface area (Å²) < 4.78 is 16.0. The first-order valence-electron chi connectivity index (χ1n) is 5.61. The van der Waals surface area contributed by atoms with Crippen LogP contribution in [0.4, 0.5) is 4.39 Å². The molecule has 3 nitrogen and oxygen atoms in total. The molecule has 0 unspecified atom stereocenters. The van der Waals surface area contributed by atoms with Gasteiger partial charge in [-0.1, -0.05) is 6.07 Å². The van der Waals surface area contributed by atoms with Crippen LogP contribution in [-0.2, 0) is 0 Å². The summed E-state index contributed by atoms with van der Waals surface area (Å²) in [7, 11) is 0. The van der Waals surface area contributed by atoms with Gasteiger partial charge in [-0.3, -0.25) is 9.67 Å². The van der Waals surface area contributed by atoms with Gasteiger partial charge in [-0.05, 0) is 44.1 Å². The van der Waals surface area contributed by atoms with E-state index in [1.165, 1.54) is 6.07 Å². The molecule has 88 valence electrons. The monoisotopic (exact) mass is 249 g/mol. The summed E-state index contributed by atoms with van der Waals surface area (Å²) in [5, 5.41) is 7.05. The summed E-state index contributed by atoms with van der Waals surface area (Å²) in [6.07, 6.45) is 2.27. The molecular formula is C12H12FN3S. The predicted molar refractivity (Wildman–Crippen MR) is 65.4 cm³/mol. The zero-order chi connectivity index (χ0) is 12.0. The first-order valence-corrected chi connectivity index (χ1v) is 6.02. The molecule has 1 saturated carbocycles. The summed E-state index contributed by atoms with van der Waals surface area (Å²) >= 11 is 5.23. The maximum atomic E-state index is 13.6. The Balaban J connectivity index is 2.24. The highest BCUT2D eigenvalue weighted by Gasteiger charge is 2.29. The van der Waals surface area contributed by atoms with Gasteiger partial charge in [0.1, 0.15) is 11.6 Å². The molecular weight excluding hydrogens is 237 g/mol. The third-order valence-corrected chi connectivity index (χ3v) is 3.39. The average molecular weight is 249 g/mol. The van der Waals surface area contributed by atoms with Crippen LogP contribution in [0.1, 0.15) is 30.1 Å². The van der Waals surface area contributed by atoms with E-state index in [0.717, 1.165) is 24.4 Å². The van der Waals surface area contributed by atoms with Crippen LogP contribution >= 0.6 is 12.2 Å². The molecule has 1 aliphatic carbocycles. The largest absolute Gasteiger partial charge is 0.272 e. The van der Waals surface area contributed by atoms with Gasteiger partial charge >= 0.3 is 0 Å². The Kier molecular flexibility index (Phi) is 2.36. The van der Waals surface area contributed by atoms with Gasteiger partial charge in [0.05, 0.1) is 5.69 Å². The SMILES string of the molecule is Cc1c(F)cccc1-n1c(C2CC2)n[nH]c1=S. The van der Waals surface area contributed by atoms with Crippen LogP contribution in [0.5, 0.6) is 0 Å². The van der Waals surface area contributed by atoms with Crippen molar-refractivity contribution in [3.63, 3.8) is 0 Å². The van der Waals surface area contributed by atoms with E-state index in [4.69, 9.17) is 12.2 Å². The van der Waals surface area contributed by atoms with Crippen molar-refractivity contribution in [3.8, 4) is 5.69 Å². The van der Waals surface area contributed by atoms with Gasteiger partial charge in [0.2, 0.25) is 0 Å². The molecule has 1 N–H and O–H groups in total. The van der Waals surface area contributed by atoms with Gasteiger partial charge in [0, 0.05) is 11.5 Å². The highest BCUT2D eigenvalue weighted by molar-refractivity contribution is 7.71. The number of hydrogen-bond donors (Lipinski definition) is 1. The number of nitrogens with zero attached hydrogens (tertiary/aromatic N) is 2. The predicted octanol–water partition coefficient (Wildman–Crippen LogP) is 3.25. The Bertz CT molecular complexity index is 625. The molecule has 1 aliphatic rings. The molecule has 0 spiro atoms. The maximum absolute atomic E-state index is 13.6. The number of halogens is 1. The molecule has 3 rings (SSSR count). The molecule has 0 amide bonds. The lowest BCUT2D eigenvalue weighted by atomic mass is 10.2. The second-order valence-corrected chi connectivity index (χ2v) is 4.77. The molecule has 0 saturated heterocycles. The van der Waals surface area contributed by atoms with Crippen LogP contribution in [0, 0.1) is 17.5 Å². The van der Waals surface area contributed by atoms with Crippen LogP contribution in [0.2, 0.25) is 0 Å². The van der Waals surface area contributed by atoms with E-state index in [1.54, 1.807) is 13.0 Å². The smallest absolute Gasteiger partial charge is 0.199 e. The number of aromatic amines is 1. The zero-order valence-electron chi connectivity index (χ0n) is 9.40. The quantitative estimate of drug-likeness (QED) is 0.829. The van der Waals surface area contributed by atoms with Crippen LogP contribution in [0.25, 0.3) is 5.69 Å². The van der Waals surface area contributed by atoms with E-state index in [-0.39, 0.29) is 5.82 Å². The van der Waals surface area contributed by atoms with E-state index >= 15 is 0 Å². The van der Waals surface area contributed by atoms with E-state index in [2.05, 4.69) is 10.2 Å². The molecule has 2 aromatic rings. The molecule has 0 radical (unpaired) electrons. The molecule has 1 aromatic carbocycles. The normalized spacial score (nSPS) is 15.2. The van der Waals surface area contributed by atoms with Crippen molar-refractivity contribution in [2.24, 2.45) is 0 Å². The van der Waals surface area contributed by atoms with Crippen molar-refractivity contribution >= 4 is 12.2 Å². The second-order valence-electron chi connectivity index (χ2n) is 4.38. The summed E-state index contributed by atoms with van der Waals surface area (Å²) in [6, 6.07) is 5.03. The minimum atomic E-state index is -0.215. The Hall–Kier alpha value is -1.49. The van der Waals surface area contributed by atoms with Crippen molar-refractivity contribution in [1.29, 1.82) is 0 Å². The van der Waals surface area contributed by atoms with Crippen LogP contribution < -0.4 is 0 Å². The lowest BCUT2D eigenvalue weighted by Gasteiger charge is -2.09. The van der Waals surface area contributed by atoms with E-state index in [1.807, 2.05) is 10.6 Å². The van der Waals surface area contributed by atoms with Crippen LogP contribution in [0.3, 0.4) is 0 Å². The summed E-state index contributed by atoms with van der Waals surface area (Å²) in [5.41, 5.74) is 1.39. The van der Waals surface area contributed by atoms with Crippen molar-refractivity contribution in [2.75, 3.05) is 0 Å². The van der Waals surface area contributed by atoms with Crippen LogP contribution in [-0.4, -0.2) is 14.8 Å². The third-order valence-electron chi connectivity index (χ3n) is 3.12. The minimum Gasteiger partial charge on any atom is -0.272 e. The van der Waals surface area contributed by atoms with E-state index < -0.39 is 0 Å². The van der Waals surface area contributed by atoms with Crippen molar-refractivity contribution < 1.29 is 4.39 Å². The lowest BCUT2D eigenvalue weighted by Crippen LogP contribution is -2.03.